The molecule has 0 spiro atoms. The Morgan fingerprint density at radius 2 is 2.14 bits per heavy atom. The van der Waals surface area contributed by atoms with Gasteiger partial charge < -0.3 is 15.2 Å². The zero-order valence-corrected chi connectivity index (χ0v) is 13.0. The first-order valence-corrected chi connectivity index (χ1v) is 7.78. The highest BCUT2D eigenvalue weighted by molar-refractivity contribution is 6.32. The number of ether oxygens (including phenoxy) is 1. The fraction of sp³-hybridized carbons (Fsp3) is 0.562. The molecule has 1 saturated carbocycles. The van der Waals surface area contributed by atoms with E-state index in [0.29, 0.717) is 16.3 Å². The first kappa shape index (κ1) is 16.1. The molecule has 1 aliphatic rings. The molecule has 0 bridgehead atoms. The van der Waals surface area contributed by atoms with E-state index in [1.807, 2.05) is 0 Å². The number of amides is 1. The molecule has 2 rings (SSSR count). The molecule has 2 N–H and O–H groups in total. The topological polar surface area (TPSA) is 58.6 Å². The third kappa shape index (κ3) is 4.11. The minimum atomic E-state index is -0.143. The Hall–Kier alpha value is -1.26. The molecule has 21 heavy (non-hydrogen) atoms. The first-order valence-electron chi connectivity index (χ1n) is 7.41. The summed E-state index contributed by atoms with van der Waals surface area (Å²) in [6.45, 7) is 0.120. The molecular weight excluding hydrogens is 290 g/mol. The lowest BCUT2D eigenvalue weighted by molar-refractivity contribution is 0.0899. The number of rotatable bonds is 4. The van der Waals surface area contributed by atoms with Gasteiger partial charge in [-0.1, -0.05) is 30.9 Å². The van der Waals surface area contributed by atoms with Crippen LogP contribution in [0.1, 0.15) is 42.5 Å². The molecule has 1 aromatic carbocycles. The van der Waals surface area contributed by atoms with E-state index in [9.17, 15) is 9.90 Å². The second kappa shape index (κ2) is 7.66. The van der Waals surface area contributed by atoms with E-state index in [1.165, 1.54) is 7.11 Å². The van der Waals surface area contributed by atoms with Gasteiger partial charge in [0, 0.05) is 24.1 Å². The van der Waals surface area contributed by atoms with Crippen LogP contribution < -0.4 is 10.1 Å². The number of halogens is 1. The Bertz CT molecular complexity index is 492. The Labute approximate surface area is 130 Å². The van der Waals surface area contributed by atoms with Crippen LogP contribution in [-0.2, 0) is 0 Å². The van der Waals surface area contributed by atoms with E-state index >= 15 is 0 Å². The van der Waals surface area contributed by atoms with E-state index in [-0.39, 0.29) is 24.5 Å². The Morgan fingerprint density at radius 3 is 2.86 bits per heavy atom. The maximum atomic E-state index is 12.4. The summed E-state index contributed by atoms with van der Waals surface area (Å²) in [6.07, 6.45) is 5.25. The van der Waals surface area contributed by atoms with Crippen LogP contribution in [0.3, 0.4) is 0 Å². The van der Waals surface area contributed by atoms with Crippen molar-refractivity contribution >= 4 is 17.5 Å². The van der Waals surface area contributed by atoms with Crippen molar-refractivity contribution in [2.45, 2.75) is 38.1 Å². The molecule has 116 valence electrons. The van der Waals surface area contributed by atoms with Crippen molar-refractivity contribution in [1.82, 2.24) is 5.32 Å². The van der Waals surface area contributed by atoms with E-state index in [4.69, 9.17) is 16.3 Å². The number of methoxy groups -OCH3 is 1. The molecular formula is C16H22ClNO3. The minimum Gasteiger partial charge on any atom is -0.495 e. The largest absolute Gasteiger partial charge is 0.495 e. The summed E-state index contributed by atoms with van der Waals surface area (Å²) in [5.74, 6) is 0.491. The second-order valence-corrected chi connectivity index (χ2v) is 5.92. The average molecular weight is 312 g/mol. The van der Waals surface area contributed by atoms with Gasteiger partial charge in [0.2, 0.25) is 0 Å². The summed E-state index contributed by atoms with van der Waals surface area (Å²) in [5.41, 5.74) is 0.525. The molecule has 0 aliphatic heterocycles. The van der Waals surface area contributed by atoms with Gasteiger partial charge in [0.25, 0.3) is 5.91 Å². The molecule has 1 aromatic rings. The highest BCUT2D eigenvalue weighted by atomic mass is 35.5. The Morgan fingerprint density at radius 1 is 1.38 bits per heavy atom. The zero-order chi connectivity index (χ0) is 15.2. The Kier molecular flexibility index (Phi) is 5.88. The van der Waals surface area contributed by atoms with Crippen LogP contribution in [0, 0.1) is 5.92 Å². The summed E-state index contributed by atoms with van der Waals surface area (Å²) in [7, 11) is 1.52. The quantitative estimate of drug-likeness (QED) is 0.840. The van der Waals surface area contributed by atoms with Crippen LogP contribution >= 0.6 is 11.6 Å². The molecule has 2 atom stereocenters. The molecule has 5 heteroatoms. The SMILES string of the molecule is COc1cc(C(=O)NC2CCCCCC2CO)ccc1Cl. The van der Waals surface area contributed by atoms with Crippen LogP contribution in [-0.4, -0.2) is 30.8 Å². The van der Waals surface area contributed by atoms with Gasteiger partial charge in [-0.05, 0) is 31.0 Å². The van der Waals surface area contributed by atoms with Gasteiger partial charge in [-0.2, -0.15) is 0 Å². The number of carbonyl (C=O) groups is 1. The van der Waals surface area contributed by atoms with Crippen LogP contribution in [0.15, 0.2) is 18.2 Å². The lowest BCUT2D eigenvalue weighted by Gasteiger charge is -2.24. The van der Waals surface area contributed by atoms with Crippen LogP contribution in [0.5, 0.6) is 5.75 Å². The van der Waals surface area contributed by atoms with Gasteiger partial charge in [0.05, 0.1) is 12.1 Å². The van der Waals surface area contributed by atoms with Gasteiger partial charge >= 0.3 is 0 Å². The van der Waals surface area contributed by atoms with E-state index < -0.39 is 0 Å². The summed E-state index contributed by atoms with van der Waals surface area (Å²) in [5, 5.41) is 13.0. The van der Waals surface area contributed by atoms with E-state index in [1.54, 1.807) is 18.2 Å². The highest BCUT2D eigenvalue weighted by Crippen LogP contribution is 2.26. The molecule has 0 aromatic heterocycles. The normalized spacial score (nSPS) is 22.4. The maximum Gasteiger partial charge on any atom is 0.251 e. The average Bonchev–Trinajstić information content (AvgIpc) is 2.72. The number of benzene rings is 1. The molecule has 1 fully saturated rings. The van der Waals surface area contributed by atoms with Crippen molar-refractivity contribution in [3.63, 3.8) is 0 Å². The summed E-state index contributed by atoms with van der Waals surface area (Å²) < 4.78 is 5.14. The van der Waals surface area contributed by atoms with Crippen molar-refractivity contribution in [1.29, 1.82) is 0 Å². The van der Waals surface area contributed by atoms with E-state index in [0.717, 1.165) is 32.1 Å². The number of carbonyl (C=O) groups excluding carboxylic acids is 1. The minimum absolute atomic E-state index is 0.0340. The predicted octanol–water partition coefficient (Wildman–Crippen LogP) is 3.02. The van der Waals surface area contributed by atoms with Crippen LogP contribution in [0.4, 0.5) is 0 Å². The fourth-order valence-electron chi connectivity index (χ4n) is 2.85. The van der Waals surface area contributed by atoms with Crippen LogP contribution in [0.2, 0.25) is 5.02 Å². The number of aliphatic hydroxyl groups excluding tert-OH is 1. The molecule has 0 saturated heterocycles. The van der Waals surface area contributed by atoms with Gasteiger partial charge in [0.15, 0.2) is 0 Å². The highest BCUT2D eigenvalue weighted by Gasteiger charge is 2.25. The lowest BCUT2D eigenvalue weighted by atomic mass is 9.95. The summed E-state index contributed by atoms with van der Waals surface area (Å²) in [4.78, 5) is 12.4. The Balaban J connectivity index is 2.08. The second-order valence-electron chi connectivity index (χ2n) is 5.51. The molecule has 0 radical (unpaired) electrons. The fourth-order valence-corrected chi connectivity index (χ4v) is 3.04. The van der Waals surface area contributed by atoms with Gasteiger partial charge in [-0.3, -0.25) is 4.79 Å². The molecule has 0 heterocycles. The van der Waals surface area contributed by atoms with Crippen LogP contribution in [0.25, 0.3) is 0 Å². The van der Waals surface area contributed by atoms with Gasteiger partial charge in [0.1, 0.15) is 5.75 Å². The molecule has 1 amide bonds. The van der Waals surface area contributed by atoms with Crippen molar-refractivity contribution in [3.8, 4) is 5.75 Å². The van der Waals surface area contributed by atoms with Crippen molar-refractivity contribution in [2.24, 2.45) is 5.92 Å². The molecule has 4 nitrogen and oxygen atoms in total. The zero-order valence-electron chi connectivity index (χ0n) is 12.3. The number of aliphatic hydroxyl groups is 1. The summed E-state index contributed by atoms with van der Waals surface area (Å²) >= 11 is 5.97. The summed E-state index contributed by atoms with van der Waals surface area (Å²) in [6, 6.07) is 5.02. The molecule has 2 unspecified atom stereocenters. The smallest absolute Gasteiger partial charge is 0.251 e. The van der Waals surface area contributed by atoms with Gasteiger partial charge in [-0.25, -0.2) is 0 Å². The standard InChI is InChI=1S/C16H22ClNO3/c1-21-15-9-11(7-8-13(15)17)16(20)18-14-6-4-2-3-5-12(14)10-19/h7-9,12,14,19H,2-6,10H2,1H3,(H,18,20). The van der Waals surface area contributed by atoms with Crippen molar-refractivity contribution in [2.75, 3.05) is 13.7 Å². The third-order valence-electron chi connectivity index (χ3n) is 4.12. The monoisotopic (exact) mass is 311 g/mol. The van der Waals surface area contributed by atoms with Crippen molar-refractivity contribution < 1.29 is 14.6 Å². The molecule has 1 aliphatic carbocycles. The van der Waals surface area contributed by atoms with Gasteiger partial charge in [-0.15, -0.1) is 0 Å². The number of hydrogen-bond donors (Lipinski definition) is 2. The maximum absolute atomic E-state index is 12.4. The third-order valence-corrected chi connectivity index (χ3v) is 4.44. The lowest BCUT2D eigenvalue weighted by Crippen LogP contribution is -2.41. The first-order chi connectivity index (χ1) is 10.2. The predicted molar refractivity (Wildman–Crippen MR) is 82.9 cm³/mol. The van der Waals surface area contributed by atoms with E-state index in [2.05, 4.69) is 5.32 Å². The number of nitrogens with one attached hydrogen (secondary N) is 1. The van der Waals surface area contributed by atoms with Crippen molar-refractivity contribution in [3.05, 3.63) is 28.8 Å². The number of hydrogen-bond acceptors (Lipinski definition) is 3.